The van der Waals surface area contributed by atoms with Gasteiger partial charge in [0.2, 0.25) is 0 Å². The maximum absolute atomic E-state index is 11.1. The molecule has 0 saturated heterocycles. The maximum atomic E-state index is 11.1. The normalized spacial score (nSPS) is 11.7. The van der Waals surface area contributed by atoms with Crippen molar-refractivity contribution in [3.63, 3.8) is 0 Å². The number of fused-ring (bicyclic) bond motifs is 2. The van der Waals surface area contributed by atoms with Gasteiger partial charge in [-0.3, -0.25) is 0 Å². The van der Waals surface area contributed by atoms with Crippen LogP contribution in [0.1, 0.15) is 115 Å². The average molecular weight is 707 g/mol. The Kier molecular flexibility index (Phi) is 19.1. The molecule has 252 valence electrons. The van der Waals surface area contributed by atoms with Crippen molar-refractivity contribution < 1.29 is 25.9 Å². The molecule has 0 spiro atoms. The van der Waals surface area contributed by atoms with E-state index in [1.165, 1.54) is 125 Å². The van der Waals surface area contributed by atoms with Crippen LogP contribution in [0.3, 0.4) is 0 Å². The van der Waals surface area contributed by atoms with Crippen molar-refractivity contribution in [2.45, 2.75) is 126 Å². The van der Waals surface area contributed by atoms with Crippen LogP contribution in [0.4, 0.5) is 0 Å². The summed E-state index contributed by atoms with van der Waals surface area (Å²) in [6, 6.07) is 21.2. The summed E-state index contributed by atoms with van der Waals surface area (Å²) >= 11 is 0. The van der Waals surface area contributed by atoms with Crippen LogP contribution in [-0.4, -0.2) is 63.7 Å². The third-order valence-corrected chi connectivity index (χ3v) is 10.1. The molecule has 0 aliphatic carbocycles. The second kappa shape index (κ2) is 21.5. The Morgan fingerprint density at radius 2 is 0.723 bits per heavy atom. The number of unbranched alkanes of at least 4 members (excludes halogenated alkanes) is 12. The van der Waals surface area contributed by atoms with Gasteiger partial charge in [-0.15, -0.1) is 0 Å². The number of benzene rings is 4. The summed E-state index contributed by atoms with van der Waals surface area (Å²) in [5.74, 6) is 0. The van der Waals surface area contributed by atoms with E-state index in [9.17, 15) is 25.9 Å². The fraction of sp³-hybridized carbons (Fsp3) is 0.474. The topological polar surface area (TPSA) is 114 Å². The minimum Gasteiger partial charge on any atom is -0.744 e. The van der Waals surface area contributed by atoms with Gasteiger partial charge in [-0.25, -0.2) is 16.8 Å². The van der Waals surface area contributed by atoms with Gasteiger partial charge in [0.15, 0.2) is 0 Å². The molecular weight excluding hydrogens is 657 g/mol. The molecule has 0 atom stereocenters. The molecule has 0 aromatic heterocycles. The molecule has 0 radical (unpaired) electrons. The molecule has 4 aromatic carbocycles. The summed E-state index contributed by atoms with van der Waals surface area (Å²) in [7, 11) is -8.76. The standard InChI is InChI=1S/2C19H26O3S.Ca/c2*1-2-3-4-5-6-7-8-9-16-10-11-18-15-19(23(20,21)22)13-12-17(18)14-16;/h2*10-15H,2-9H2,1H3,(H,20,21,22);/q;;+2/p-2. The largest absolute Gasteiger partial charge is 2.00 e. The molecule has 4 rings (SSSR count). The van der Waals surface area contributed by atoms with Gasteiger partial charge in [-0.2, -0.15) is 0 Å². The van der Waals surface area contributed by atoms with Crippen LogP contribution >= 0.6 is 0 Å². The van der Waals surface area contributed by atoms with Crippen LogP contribution in [0.25, 0.3) is 21.5 Å². The summed E-state index contributed by atoms with van der Waals surface area (Å²) < 4.78 is 66.3. The number of rotatable bonds is 18. The summed E-state index contributed by atoms with van der Waals surface area (Å²) in [5, 5.41) is 3.56. The van der Waals surface area contributed by atoms with Crippen LogP contribution in [-0.2, 0) is 33.1 Å². The molecule has 0 unspecified atom stereocenters. The smallest absolute Gasteiger partial charge is 0.744 e. The molecule has 0 saturated carbocycles. The van der Waals surface area contributed by atoms with E-state index in [0.29, 0.717) is 0 Å². The third-order valence-electron chi connectivity index (χ3n) is 8.47. The van der Waals surface area contributed by atoms with Crippen molar-refractivity contribution >= 4 is 79.5 Å². The van der Waals surface area contributed by atoms with E-state index in [4.69, 9.17) is 0 Å². The molecule has 0 fully saturated rings. The molecule has 4 aromatic rings. The zero-order chi connectivity index (χ0) is 33.4. The van der Waals surface area contributed by atoms with E-state index in [1.807, 2.05) is 24.3 Å². The molecule has 0 aliphatic heterocycles. The van der Waals surface area contributed by atoms with E-state index in [1.54, 1.807) is 12.1 Å². The first-order valence-electron chi connectivity index (χ1n) is 17.0. The maximum Gasteiger partial charge on any atom is 2.00 e. The molecule has 0 heterocycles. The predicted octanol–water partition coefficient (Wildman–Crippen LogP) is 9.69. The Morgan fingerprint density at radius 1 is 0.426 bits per heavy atom. The van der Waals surface area contributed by atoms with Crippen molar-refractivity contribution in [2.75, 3.05) is 0 Å². The zero-order valence-electron chi connectivity index (χ0n) is 28.2. The number of aryl methyl sites for hydroxylation is 2. The third kappa shape index (κ3) is 15.3. The first-order chi connectivity index (χ1) is 22.0. The van der Waals surface area contributed by atoms with Gasteiger partial charge in [0.1, 0.15) is 20.2 Å². The van der Waals surface area contributed by atoms with Crippen molar-refractivity contribution in [1.82, 2.24) is 0 Å². The van der Waals surface area contributed by atoms with Crippen molar-refractivity contribution in [1.29, 1.82) is 0 Å². The molecule has 0 aliphatic rings. The summed E-state index contributed by atoms with van der Waals surface area (Å²) in [6.07, 6.45) is 20.2. The monoisotopic (exact) mass is 706 g/mol. The van der Waals surface area contributed by atoms with Crippen LogP contribution in [0, 0.1) is 0 Å². The number of hydrogen-bond acceptors (Lipinski definition) is 6. The molecule has 9 heteroatoms. The van der Waals surface area contributed by atoms with Gasteiger partial charge in [-0.05, 0) is 82.6 Å². The van der Waals surface area contributed by atoms with Crippen LogP contribution < -0.4 is 0 Å². The van der Waals surface area contributed by atoms with Gasteiger partial charge in [-0.1, -0.05) is 139 Å². The zero-order valence-corrected chi connectivity index (χ0v) is 32.1. The van der Waals surface area contributed by atoms with Gasteiger partial charge in [0.25, 0.3) is 0 Å². The van der Waals surface area contributed by atoms with Gasteiger partial charge in [0, 0.05) is 0 Å². The fourth-order valence-corrected chi connectivity index (χ4v) is 6.75. The molecule has 0 bridgehead atoms. The summed E-state index contributed by atoms with van der Waals surface area (Å²) in [5.41, 5.74) is 2.53. The quantitative estimate of drug-likeness (QED) is 0.0578. The van der Waals surface area contributed by atoms with E-state index in [2.05, 4.69) is 26.0 Å². The SMILES string of the molecule is CCCCCCCCCc1ccc2cc(S(=O)(=O)[O-])ccc2c1.CCCCCCCCCc1ccc2cc(S(=O)(=O)[O-])ccc2c1.[Ca+2]. The van der Waals surface area contributed by atoms with Crippen LogP contribution in [0.15, 0.2) is 82.6 Å². The Bertz CT molecular complexity index is 1610. The molecule has 0 N–H and O–H groups in total. The van der Waals surface area contributed by atoms with E-state index in [0.717, 1.165) is 34.4 Å². The van der Waals surface area contributed by atoms with Crippen molar-refractivity contribution in [2.24, 2.45) is 0 Å². The first kappa shape index (κ1) is 41.7. The van der Waals surface area contributed by atoms with Gasteiger partial charge in [0.05, 0.1) is 9.79 Å². The molecule has 0 amide bonds. The molecule has 6 nitrogen and oxygen atoms in total. The minimum absolute atomic E-state index is 0. The van der Waals surface area contributed by atoms with Gasteiger partial charge < -0.3 is 9.11 Å². The Balaban J connectivity index is 0.000000320. The van der Waals surface area contributed by atoms with E-state index in [-0.39, 0.29) is 47.5 Å². The molecule has 47 heavy (non-hydrogen) atoms. The second-order valence-electron chi connectivity index (χ2n) is 12.3. The van der Waals surface area contributed by atoms with Gasteiger partial charge >= 0.3 is 37.7 Å². The van der Waals surface area contributed by atoms with Crippen molar-refractivity contribution in [3.05, 3.63) is 83.9 Å². The second-order valence-corrected chi connectivity index (χ2v) is 15.1. The van der Waals surface area contributed by atoms with Crippen LogP contribution in [0.5, 0.6) is 0 Å². The Hall–Kier alpha value is -1.52. The summed E-state index contributed by atoms with van der Waals surface area (Å²) in [6.45, 7) is 4.46. The fourth-order valence-electron chi connectivity index (χ4n) is 5.74. The summed E-state index contributed by atoms with van der Waals surface area (Å²) in [4.78, 5) is -0.324. The van der Waals surface area contributed by atoms with Crippen LogP contribution in [0.2, 0.25) is 0 Å². The first-order valence-corrected chi connectivity index (χ1v) is 19.8. The predicted molar refractivity (Wildman–Crippen MR) is 193 cm³/mol. The average Bonchev–Trinajstić information content (AvgIpc) is 3.02. The Morgan fingerprint density at radius 3 is 1.06 bits per heavy atom. The van der Waals surface area contributed by atoms with E-state index < -0.39 is 20.2 Å². The molecular formula is C38H50CaO6S2. The van der Waals surface area contributed by atoms with E-state index >= 15 is 0 Å². The number of hydrogen-bond donors (Lipinski definition) is 0. The van der Waals surface area contributed by atoms with Crippen molar-refractivity contribution in [3.8, 4) is 0 Å². The minimum atomic E-state index is -4.38. The Labute approximate surface area is 313 Å².